The molecule has 19 heavy (non-hydrogen) atoms. The van der Waals surface area contributed by atoms with E-state index in [2.05, 4.69) is 0 Å². The van der Waals surface area contributed by atoms with Gasteiger partial charge in [-0.1, -0.05) is 0 Å². The van der Waals surface area contributed by atoms with Crippen LogP contribution in [-0.2, 0) is 11.8 Å². The van der Waals surface area contributed by atoms with Crippen LogP contribution < -0.4 is 11.2 Å². The van der Waals surface area contributed by atoms with E-state index in [0.29, 0.717) is 4.57 Å². The van der Waals surface area contributed by atoms with E-state index in [0.717, 1.165) is 7.05 Å². The summed E-state index contributed by atoms with van der Waals surface area (Å²) in [6.07, 6.45) is -5.62. The molecule has 0 bridgehead atoms. The van der Waals surface area contributed by atoms with Gasteiger partial charge in [0.05, 0.1) is 6.61 Å². The molecule has 1 aliphatic rings. The van der Waals surface area contributed by atoms with Crippen LogP contribution in [0.3, 0.4) is 0 Å². The van der Waals surface area contributed by atoms with Gasteiger partial charge in [-0.25, -0.2) is 4.79 Å². The molecule has 8 nitrogen and oxygen atoms in total. The van der Waals surface area contributed by atoms with Gasteiger partial charge in [-0.15, -0.1) is 0 Å². The summed E-state index contributed by atoms with van der Waals surface area (Å²) in [6, 6.07) is 0. The number of hydrogen-bond acceptors (Lipinski definition) is 6. The van der Waals surface area contributed by atoms with Crippen molar-refractivity contribution in [1.82, 2.24) is 9.55 Å². The lowest BCUT2D eigenvalue weighted by atomic mass is 10.0. The van der Waals surface area contributed by atoms with Crippen molar-refractivity contribution in [2.45, 2.75) is 24.4 Å². The summed E-state index contributed by atoms with van der Waals surface area (Å²) < 4.78 is 19.5. The number of hydrogen-bond donors (Lipinski definition) is 4. The number of halogens is 1. The minimum atomic E-state index is -1.58. The second-order valence-corrected chi connectivity index (χ2v) is 4.28. The zero-order chi connectivity index (χ0) is 14.3. The summed E-state index contributed by atoms with van der Waals surface area (Å²) >= 11 is 0. The van der Waals surface area contributed by atoms with Gasteiger partial charge in [0.25, 0.3) is 5.56 Å². The average Bonchev–Trinajstić information content (AvgIpc) is 2.64. The smallest absolute Gasteiger partial charge is 0.330 e. The third kappa shape index (κ3) is 2.10. The van der Waals surface area contributed by atoms with E-state index in [1.807, 2.05) is 4.98 Å². The van der Waals surface area contributed by atoms with Gasteiger partial charge in [-0.2, -0.15) is 4.39 Å². The van der Waals surface area contributed by atoms with Crippen LogP contribution in [0.1, 0.15) is 11.7 Å². The zero-order valence-electron chi connectivity index (χ0n) is 9.91. The molecule has 0 saturated carbocycles. The fourth-order valence-corrected chi connectivity index (χ4v) is 2.00. The van der Waals surface area contributed by atoms with Gasteiger partial charge < -0.3 is 20.1 Å². The molecule has 0 amide bonds. The van der Waals surface area contributed by atoms with Crippen LogP contribution in [-0.4, -0.2) is 49.8 Å². The molecular weight excluding hydrogens is 263 g/mol. The number of rotatable bonds is 2. The Morgan fingerprint density at radius 1 is 1.37 bits per heavy atom. The van der Waals surface area contributed by atoms with Crippen molar-refractivity contribution in [2.75, 3.05) is 6.61 Å². The van der Waals surface area contributed by atoms with Crippen LogP contribution >= 0.6 is 0 Å². The molecule has 0 aromatic carbocycles. The van der Waals surface area contributed by atoms with E-state index >= 15 is 0 Å². The number of aliphatic hydroxyl groups excluding tert-OH is 3. The Balaban J connectivity index is 2.52. The highest BCUT2D eigenvalue weighted by atomic mass is 19.1. The molecule has 4 N–H and O–H groups in total. The first-order chi connectivity index (χ1) is 8.88. The molecule has 0 spiro atoms. The second-order valence-electron chi connectivity index (χ2n) is 4.28. The third-order valence-electron chi connectivity index (χ3n) is 3.11. The van der Waals surface area contributed by atoms with Crippen molar-refractivity contribution in [2.24, 2.45) is 7.05 Å². The highest BCUT2D eigenvalue weighted by molar-refractivity contribution is 5.16. The van der Waals surface area contributed by atoms with Gasteiger partial charge in [0, 0.05) is 7.05 Å². The van der Waals surface area contributed by atoms with Crippen molar-refractivity contribution >= 4 is 0 Å². The highest BCUT2D eigenvalue weighted by Crippen LogP contribution is 2.32. The molecule has 2 rings (SSSR count). The summed E-state index contributed by atoms with van der Waals surface area (Å²) in [5.41, 5.74) is -2.59. The molecule has 1 aliphatic heterocycles. The van der Waals surface area contributed by atoms with Crippen LogP contribution in [0.25, 0.3) is 0 Å². The Labute approximate surface area is 105 Å². The van der Waals surface area contributed by atoms with Crippen LogP contribution in [0.4, 0.5) is 4.39 Å². The van der Waals surface area contributed by atoms with Gasteiger partial charge in [0.15, 0.2) is 0 Å². The number of nitrogens with zero attached hydrogens (tertiary/aromatic N) is 1. The molecular formula is C10H13FN2O6. The molecule has 0 aliphatic carbocycles. The molecule has 1 saturated heterocycles. The van der Waals surface area contributed by atoms with Crippen molar-refractivity contribution < 1.29 is 24.4 Å². The minimum Gasteiger partial charge on any atom is -0.394 e. The summed E-state index contributed by atoms with van der Waals surface area (Å²) in [5, 5.41) is 28.2. The van der Waals surface area contributed by atoms with E-state index in [1.54, 1.807) is 0 Å². The van der Waals surface area contributed by atoms with Gasteiger partial charge in [0.2, 0.25) is 5.95 Å². The summed E-state index contributed by atoms with van der Waals surface area (Å²) in [7, 11) is 1.10. The molecule has 1 fully saturated rings. The first kappa shape index (κ1) is 13.9. The van der Waals surface area contributed by atoms with Crippen LogP contribution in [0, 0.1) is 5.95 Å². The lowest BCUT2D eigenvalue weighted by molar-refractivity contribution is -0.0245. The largest absolute Gasteiger partial charge is 0.394 e. The number of H-pyrrole nitrogens is 1. The maximum atomic E-state index is 13.9. The van der Waals surface area contributed by atoms with Crippen molar-refractivity contribution in [3.05, 3.63) is 32.3 Å². The monoisotopic (exact) mass is 276 g/mol. The van der Waals surface area contributed by atoms with Gasteiger partial charge in [-0.05, 0) is 0 Å². The summed E-state index contributed by atoms with van der Waals surface area (Å²) in [4.78, 5) is 24.6. The number of ether oxygens (including phenoxy) is 1. The minimum absolute atomic E-state index is 0.547. The molecule has 0 unspecified atom stereocenters. The quantitative estimate of drug-likeness (QED) is 0.438. The number of nitrogens with one attached hydrogen (secondary N) is 1. The van der Waals surface area contributed by atoms with Gasteiger partial charge in [0.1, 0.15) is 30.0 Å². The molecule has 9 heteroatoms. The van der Waals surface area contributed by atoms with Crippen LogP contribution in [0.5, 0.6) is 0 Å². The van der Waals surface area contributed by atoms with Crippen LogP contribution in [0.2, 0.25) is 0 Å². The maximum Gasteiger partial charge on any atom is 0.330 e. The molecule has 4 atom stereocenters. The lowest BCUT2D eigenvalue weighted by Gasteiger charge is -2.15. The molecule has 1 aromatic heterocycles. The average molecular weight is 276 g/mol. The lowest BCUT2D eigenvalue weighted by Crippen LogP contribution is -2.37. The fraction of sp³-hybridized carbons (Fsp3) is 0.600. The van der Waals surface area contributed by atoms with Gasteiger partial charge >= 0.3 is 5.69 Å². The standard InChI is InChI=1S/C10H13FN2O6/c1-13-8(11)4(9(17)12-10(13)18)7-6(16)5(15)3(2-14)19-7/h3,5-7,14-16H,2H2,1H3,(H,12,17,18)/t3-,5-,6-,7+/m1/s1. The Bertz CT molecular complexity index is 597. The zero-order valence-corrected chi connectivity index (χ0v) is 9.91. The number of aliphatic hydroxyl groups is 3. The first-order valence-corrected chi connectivity index (χ1v) is 5.49. The number of aromatic nitrogens is 2. The first-order valence-electron chi connectivity index (χ1n) is 5.49. The third-order valence-corrected chi connectivity index (χ3v) is 3.11. The van der Waals surface area contributed by atoms with Crippen LogP contribution in [0.15, 0.2) is 9.59 Å². The molecule has 1 aromatic rings. The Morgan fingerprint density at radius 2 is 2.00 bits per heavy atom. The van der Waals surface area contributed by atoms with E-state index in [-0.39, 0.29) is 0 Å². The Kier molecular flexibility index (Phi) is 3.54. The van der Waals surface area contributed by atoms with E-state index in [9.17, 15) is 24.2 Å². The van der Waals surface area contributed by atoms with Crippen molar-refractivity contribution in [3.8, 4) is 0 Å². The van der Waals surface area contributed by atoms with E-state index in [4.69, 9.17) is 9.84 Å². The second kappa shape index (κ2) is 4.85. The fourth-order valence-electron chi connectivity index (χ4n) is 2.00. The SMILES string of the molecule is Cn1c(F)c([C@@H]2O[C@H](CO)[C@@H](O)[C@H]2O)c(=O)[nH]c1=O. The molecule has 106 valence electrons. The topological polar surface area (TPSA) is 125 Å². The number of aromatic amines is 1. The Morgan fingerprint density at radius 3 is 2.53 bits per heavy atom. The van der Waals surface area contributed by atoms with E-state index in [1.165, 1.54) is 0 Å². The van der Waals surface area contributed by atoms with Crippen molar-refractivity contribution in [1.29, 1.82) is 0 Å². The molecule has 2 heterocycles. The highest BCUT2D eigenvalue weighted by Gasteiger charge is 2.45. The normalized spacial score (nSPS) is 30.8. The van der Waals surface area contributed by atoms with Crippen molar-refractivity contribution in [3.63, 3.8) is 0 Å². The summed E-state index contributed by atoms with van der Waals surface area (Å²) in [5.74, 6) is -1.16. The predicted molar refractivity (Wildman–Crippen MR) is 59.0 cm³/mol. The Hall–Kier alpha value is -1.55. The summed E-state index contributed by atoms with van der Waals surface area (Å²) in [6.45, 7) is -0.597. The van der Waals surface area contributed by atoms with Gasteiger partial charge in [-0.3, -0.25) is 14.3 Å². The van der Waals surface area contributed by atoms with E-state index < -0.39 is 53.8 Å². The predicted octanol–water partition coefficient (Wildman–Crippen LogP) is -2.63. The molecule has 0 radical (unpaired) electrons. The maximum absolute atomic E-state index is 13.9.